The van der Waals surface area contributed by atoms with Crippen molar-refractivity contribution < 1.29 is 0 Å². The van der Waals surface area contributed by atoms with Gasteiger partial charge in [0.25, 0.3) is 0 Å². The summed E-state index contributed by atoms with van der Waals surface area (Å²) in [6, 6.07) is 0.597. The van der Waals surface area contributed by atoms with E-state index in [0.29, 0.717) is 17.4 Å². The Kier molecular flexibility index (Phi) is 4.97. The Morgan fingerprint density at radius 3 is 2.88 bits per heavy atom. The molecule has 1 spiro atoms. The lowest BCUT2D eigenvalue weighted by atomic mass is 9.61. The predicted molar refractivity (Wildman–Crippen MR) is 106 cm³/mol. The van der Waals surface area contributed by atoms with E-state index in [2.05, 4.69) is 42.3 Å². The third-order valence-electron chi connectivity index (χ3n) is 6.49. The molecule has 4 aliphatic rings. The molecule has 0 amide bonds. The lowest BCUT2D eigenvalue weighted by Crippen LogP contribution is -2.63. The van der Waals surface area contributed by atoms with Gasteiger partial charge in [-0.1, -0.05) is 36.8 Å². The molecule has 0 bridgehead atoms. The van der Waals surface area contributed by atoms with Crippen LogP contribution in [0.1, 0.15) is 45.4 Å². The molecule has 0 aromatic rings. The van der Waals surface area contributed by atoms with E-state index < -0.39 is 0 Å². The average molecular weight is 340 g/mol. The quantitative estimate of drug-likeness (QED) is 0.718. The minimum Gasteiger partial charge on any atom is -0.329 e. The summed E-state index contributed by atoms with van der Waals surface area (Å²) in [5.74, 6) is 1.45. The first kappa shape index (κ1) is 17.2. The number of hydrogen-bond acceptors (Lipinski definition) is 3. The van der Waals surface area contributed by atoms with Gasteiger partial charge < -0.3 is 10.6 Å². The van der Waals surface area contributed by atoms with Gasteiger partial charge in [0.15, 0.2) is 0 Å². The summed E-state index contributed by atoms with van der Waals surface area (Å²) >= 11 is 0. The van der Waals surface area contributed by atoms with E-state index in [9.17, 15) is 0 Å². The van der Waals surface area contributed by atoms with Gasteiger partial charge in [-0.3, -0.25) is 4.99 Å². The molecular formula is C22H33N3. The number of likely N-dealkylation sites (tertiary alicyclic amines) is 1. The fourth-order valence-corrected chi connectivity index (χ4v) is 5.01. The third kappa shape index (κ3) is 3.83. The van der Waals surface area contributed by atoms with Gasteiger partial charge in [0.05, 0.1) is 6.04 Å². The number of nitrogens with two attached hydrogens (primary N) is 1. The number of rotatable bonds is 7. The van der Waals surface area contributed by atoms with Gasteiger partial charge in [-0.25, -0.2) is 0 Å². The van der Waals surface area contributed by atoms with Crippen molar-refractivity contribution in [2.45, 2.75) is 51.5 Å². The highest BCUT2D eigenvalue weighted by Crippen LogP contribution is 2.50. The minimum absolute atomic E-state index is 0.597. The Bertz CT molecular complexity index is 599. The number of nitrogens with zero attached hydrogens (tertiary/aromatic N) is 2. The van der Waals surface area contributed by atoms with Crippen LogP contribution < -0.4 is 5.73 Å². The summed E-state index contributed by atoms with van der Waals surface area (Å²) in [4.78, 5) is 7.42. The van der Waals surface area contributed by atoms with Crippen LogP contribution in [0.2, 0.25) is 0 Å². The Morgan fingerprint density at radius 2 is 2.20 bits per heavy atom. The average Bonchev–Trinajstić information content (AvgIpc) is 3.33. The summed E-state index contributed by atoms with van der Waals surface area (Å²) in [7, 11) is 0. The number of allylic oxidation sites excluding steroid dienone is 6. The maximum absolute atomic E-state index is 5.63. The topological polar surface area (TPSA) is 41.6 Å². The van der Waals surface area contributed by atoms with Crippen LogP contribution >= 0.6 is 0 Å². The normalized spacial score (nSPS) is 31.9. The predicted octanol–water partition coefficient (Wildman–Crippen LogP) is 3.73. The van der Waals surface area contributed by atoms with Crippen LogP contribution in [0, 0.1) is 17.3 Å². The molecule has 3 fully saturated rings. The zero-order chi connectivity index (χ0) is 17.3. The van der Waals surface area contributed by atoms with Gasteiger partial charge in [0.2, 0.25) is 0 Å². The first-order valence-electron chi connectivity index (χ1n) is 10.2. The van der Waals surface area contributed by atoms with Crippen molar-refractivity contribution in [2.24, 2.45) is 28.0 Å². The Labute approximate surface area is 152 Å². The molecule has 4 rings (SSSR count). The molecule has 3 aliphatic carbocycles. The fourth-order valence-electron chi connectivity index (χ4n) is 5.01. The lowest BCUT2D eigenvalue weighted by molar-refractivity contribution is -0.0681. The molecule has 0 radical (unpaired) electrons. The Balaban J connectivity index is 1.23. The fraction of sp³-hybridized carbons (Fsp3) is 0.682. The summed E-state index contributed by atoms with van der Waals surface area (Å²) in [6.07, 6.45) is 19.2. The smallest absolute Gasteiger partial charge is 0.0508 e. The van der Waals surface area contributed by atoms with Crippen molar-refractivity contribution >= 4 is 6.21 Å². The molecular weight excluding hydrogens is 306 g/mol. The highest BCUT2D eigenvalue weighted by atomic mass is 15.2. The molecule has 0 aromatic carbocycles. The molecule has 3 heteroatoms. The van der Waals surface area contributed by atoms with Crippen LogP contribution in [0.3, 0.4) is 0 Å². The second kappa shape index (κ2) is 7.20. The molecule has 2 atom stereocenters. The van der Waals surface area contributed by atoms with Crippen LogP contribution in [-0.4, -0.2) is 43.3 Å². The number of aliphatic imine (C=N–C) groups is 1. The summed E-state index contributed by atoms with van der Waals surface area (Å²) < 4.78 is 0. The monoisotopic (exact) mass is 339 g/mol. The maximum Gasteiger partial charge on any atom is 0.0508 e. The van der Waals surface area contributed by atoms with Crippen molar-refractivity contribution in [1.29, 1.82) is 0 Å². The molecule has 1 aliphatic heterocycles. The first-order valence-corrected chi connectivity index (χ1v) is 10.2. The van der Waals surface area contributed by atoms with Crippen molar-refractivity contribution in [1.82, 2.24) is 4.90 Å². The van der Waals surface area contributed by atoms with Gasteiger partial charge in [-0.05, 0) is 55.4 Å². The van der Waals surface area contributed by atoms with Crippen molar-refractivity contribution in [3.05, 3.63) is 35.5 Å². The Hall–Kier alpha value is -1.19. The standard InChI is InChI=1S/C22H33N3/c1-2-18(10-17-6-4-3-5-7-17)21-11-19(21)14-24-20-12-22(13-20)15-25(16-22)9-8-23/h4,6-7,10,14,19-21H,2-3,5,8-9,11-13,15-16,23H2,1H3/b18-10+,24-14-/t19-,21-/m0/s1. The molecule has 2 N–H and O–H groups in total. The highest BCUT2D eigenvalue weighted by Gasteiger charge is 2.52. The van der Waals surface area contributed by atoms with Gasteiger partial charge in [0.1, 0.15) is 0 Å². The van der Waals surface area contributed by atoms with Gasteiger partial charge in [-0.15, -0.1) is 0 Å². The van der Waals surface area contributed by atoms with E-state index in [4.69, 9.17) is 10.7 Å². The van der Waals surface area contributed by atoms with Crippen LogP contribution in [0.15, 0.2) is 40.4 Å². The summed E-state index contributed by atoms with van der Waals surface area (Å²) in [6.45, 7) is 6.67. The maximum atomic E-state index is 5.63. The zero-order valence-corrected chi connectivity index (χ0v) is 15.7. The molecule has 25 heavy (non-hydrogen) atoms. The second-order valence-corrected chi connectivity index (χ2v) is 8.62. The molecule has 1 heterocycles. The molecule has 0 unspecified atom stereocenters. The van der Waals surface area contributed by atoms with Crippen LogP contribution in [0.25, 0.3) is 0 Å². The molecule has 0 aromatic heterocycles. The van der Waals surface area contributed by atoms with E-state index in [0.717, 1.165) is 19.0 Å². The molecule has 1 saturated heterocycles. The van der Waals surface area contributed by atoms with Crippen molar-refractivity contribution in [3.8, 4) is 0 Å². The summed E-state index contributed by atoms with van der Waals surface area (Å²) in [5, 5.41) is 0. The molecule has 2 saturated carbocycles. The zero-order valence-electron chi connectivity index (χ0n) is 15.7. The lowest BCUT2D eigenvalue weighted by Gasteiger charge is -2.58. The first-order chi connectivity index (χ1) is 12.2. The van der Waals surface area contributed by atoms with Gasteiger partial charge in [0, 0.05) is 38.3 Å². The van der Waals surface area contributed by atoms with Gasteiger partial charge >= 0.3 is 0 Å². The van der Waals surface area contributed by atoms with Gasteiger partial charge in [-0.2, -0.15) is 0 Å². The van der Waals surface area contributed by atoms with E-state index in [-0.39, 0.29) is 0 Å². The van der Waals surface area contributed by atoms with Crippen molar-refractivity contribution in [2.75, 3.05) is 26.2 Å². The highest BCUT2D eigenvalue weighted by molar-refractivity contribution is 5.66. The van der Waals surface area contributed by atoms with Crippen LogP contribution in [0.5, 0.6) is 0 Å². The SMILES string of the molecule is CC/C(=C\C1=CCCC=C1)[C@@H]1C[C@H]1/C=N\C1CC2(C1)CN(CCN)C2. The largest absolute Gasteiger partial charge is 0.329 e. The number of hydrogen-bond donors (Lipinski definition) is 1. The van der Waals surface area contributed by atoms with Crippen LogP contribution in [0.4, 0.5) is 0 Å². The van der Waals surface area contributed by atoms with Crippen LogP contribution in [-0.2, 0) is 0 Å². The molecule has 3 nitrogen and oxygen atoms in total. The minimum atomic E-state index is 0.597. The van der Waals surface area contributed by atoms with E-state index in [1.54, 1.807) is 5.57 Å². The van der Waals surface area contributed by atoms with E-state index in [1.807, 2.05) is 0 Å². The third-order valence-corrected chi connectivity index (χ3v) is 6.49. The molecule has 136 valence electrons. The summed E-state index contributed by atoms with van der Waals surface area (Å²) in [5.41, 5.74) is 9.28. The second-order valence-electron chi connectivity index (χ2n) is 8.62. The van der Waals surface area contributed by atoms with E-state index in [1.165, 1.54) is 57.2 Å². The van der Waals surface area contributed by atoms with Crippen molar-refractivity contribution in [3.63, 3.8) is 0 Å². The Morgan fingerprint density at radius 1 is 1.36 bits per heavy atom. The van der Waals surface area contributed by atoms with E-state index >= 15 is 0 Å².